The van der Waals surface area contributed by atoms with Crippen LogP contribution < -0.4 is 4.90 Å². The lowest BCUT2D eigenvalue weighted by molar-refractivity contribution is -0.00588. The van der Waals surface area contributed by atoms with Gasteiger partial charge < -0.3 is 19.8 Å². The summed E-state index contributed by atoms with van der Waals surface area (Å²) in [7, 11) is 0. The number of morpholine rings is 1. The van der Waals surface area contributed by atoms with Crippen LogP contribution in [-0.2, 0) is 4.74 Å². The van der Waals surface area contributed by atoms with Gasteiger partial charge in [0.25, 0.3) is 0 Å². The molecule has 2 aliphatic heterocycles. The number of ether oxygens (including phenoxy) is 1. The summed E-state index contributed by atoms with van der Waals surface area (Å²) in [6.45, 7) is 4.00. The lowest BCUT2D eigenvalue weighted by Gasteiger charge is -2.33. The maximum absolute atomic E-state index is 10.9. The number of aromatic carboxylic acids is 1. The van der Waals surface area contributed by atoms with Crippen molar-refractivity contribution in [2.75, 3.05) is 44.3 Å². The van der Waals surface area contributed by atoms with Crippen LogP contribution >= 0.6 is 11.6 Å². The summed E-state index contributed by atoms with van der Waals surface area (Å²) in [5.74, 6) is -0.546. The molecular formula is C14H18ClN3O4. The highest BCUT2D eigenvalue weighted by Crippen LogP contribution is 2.29. The number of halogens is 1. The highest BCUT2D eigenvalue weighted by Gasteiger charge is 2.37. The molecule has 0 radical (unpaired) electrons. The van der Waals surface area contributed by atoms with E-state index >= 15 is 0 Å². The van der Waals surface area contributed by atoms with E-state index in [2.05, 4.69) is 9.88 Å². The number of aliphatic hydroxyl groups is 1. The number of carboxylic acid groups (broad SMARTS) is 1. The summed E-state index contributed by atoms with van der Waals surface area (Å²) in [5, 5.41) is 19.6. The Morgan fingerprint density at radius 1 is 1.36 bits per heavy atom. The number of carboxylic acids is 1. The topological polar surface area (TPSA) is 86.1 Å². The summed E-state index contributed by atoms with van der Waals surface area (Å²) >= 11 is 6.15. The Morgan fingerprint density at radius 2 is 2.09 bits per heavy atom. The first-order valence-corrected chi connectivity index (χ1v) is 7.57. The summed E-state index contributed by atoms with van der Waals surface area (Å²) in [4.78, 5) is 19.2. The van der Waals surface area contributed by atoms with E-state index in [0.717, 1.165) is 13.1 Å². The first-order chi connectivity index (χ1) is 10.6. The number of aliphatic hydroxyl groups excluding tert-OH is 1. The van der Waals surface area contributed by atoms with Crippen LogP contribution in [0.1, 0.15) is 10.4 Å². The quantitative estimate of drug-likeness (QED) is 0.826. The molecule has 0 bridgehead atoms. The fourth-order valence-electron chi connectivity index (χ4n) is 2.99. The lowest BCUT2D eigenvalue weighted by atomic mass is 10.2. The molecule has 1 aromatic heterocycles. The van der Waals surface area contributed by atoms with Gasteiger partial charge in [-0.2, -0.15) is 0 Å². The third-order valence-electron chi connectivity index (χ3n) is 4.14. The molecule has 0 amide bonds. The van der Waals surface area contributed by atoms with Crippen LogP contribution in [0.3, 0.4) is 0 Å². The van der Waals surface area contributed by atoms with E-state index in [1.807, 2.05) is 4.90 Å². The molecule has 120 valence electrons. The lowest BCUT2D eigenvalue weighted by Crippen LogP contribution is -2.48. The highest BCUT2D eigenvalue weighted by atomic mass is 35.5. The first-order valence-electron chi connectivity index (χ1n) is 7.20. The molecule has 0 spiro atoms. The second-order valence-corrected chi connectivity index (χ2v) is 5.93. The maximum atomic E-state index is 10.9. The van der Waals surface area contributed by atoms with Crippen LogP contribution in [0.25, 0.3) is 0 Å². The Balaban J connectivity index is 1.75. The molecule has 0 aliphatic carbocycles. The molecule has 2 aliphatic rings. The smallest absolute Gasteiger partial charge is 0.337 e. The molecule has 2 atom stereocenters. The van der Waals surface area contributed by atoms with Gasteiger partial charge in [-0.3, -0.25) is 4.90 Å². The van der Waals surface area contributed by atoms with Gasteiger partial charge in [0.15, 0.2) is 0 Å². The SMILES string of the molecule is O=C(O)c1cnc(N2C[C@H](O)[C@@H](N3CCOCC3)C2)c(Cl)c1. The third-order valence-corrected chi connectivity index (χ3v) is 4.42. The number of anilines is 1. The molecule has 3 heterocycles. The van der Waals surface area contributed by atoms with Crippen LogP contribution in [0, 0.1) is 0 Å². The number of hydrogen-bond donors (Lipinski definition) is 2. The number of rotatable bonds is 3. The minimum Gasteiger partial charge on any atom is -0.478 e. The molecule has 3 rings (SSSR count). The summed E-state index contributed by atoms with van der Waals surface area (Å²) in [6, 6.07) is 1.40. The van der Waals surface area contributed by atoms with E-state index in [-0.39, 0.29) is 16.6 Å². The van der Waals surface area contributed by atoms with Gasteiger partial charge in [0.2, 0.25) is 0 Å². The second kappa shape index (κ2) is 6.37. The van der Waals surface area contributed by atoms with Crippen LogP contribution in [0.4, 0.5) is 5.82 Å². The molecule has 0 saturated carbocycles. The van der Waals surface area contributed by atoms with E-state index in [1.54, 1.807) is 0 Å². The fraction of sp³-hybridized carbons (Fsp3) is 0.571. The molecule has 8 heteroatoms. The second-order valence-electron chi connectivity index (χ2n) is 5.52. The third kappa shape index (κ3) is 3.03. The van der Waals surface area contributed by atoms with Gasteiger partial charge in [-0.05, 0) is 6.07 Å². The zero-order valence-corrected chi connectivity index (χ0v) is 12.7. The molecule has 0 aromatic carbocycles. The summed E-state index contributed by atoms with van der Waals surface area (Å²) < 4.78 is 5.33. The minimum absolute atomic E-state index is 0.0147. The van der Waals surface area contributed by atoms with Crippen LogP contribution in [-0.4, -0.2) is 77.6 Å². The van der Waals surface area contributed by atoms with E-state index < -0.39 is 12.1 Å². The van der Waals surface area contributed by atoms with Crippen molar-refractivity contribution in [3.05, 3.63) is 22.8 Å². The standard InChI is InChI=1S/C14H18ClN3O4/c15-10-5-9(14(20)21)6-16-13(10)18-7-11(12(19)8-18)17-1-3-22-4-2-17/h5-6,11-12,19H,1-4,7-8H2,(H,20,21)/t11-,12-/m0/s1. The zero-order chi connectivity index (χ0) is 15.7. The van der Waals surface area contributed by atoms with Crippen molar-refractivity contribution in [3.63, 3.8) is 0 Å². The van der Waals surface area contributed by atoms with Crippen molar-refractivity contribution in [2.24, 2.45) is 0 Å². The monoisotopic (exact) mass is 327 g/mol. The Hall–Kier alpha value is -1.41. The predicted molar refractivity (Wildman–Crippen MR) is 80.6 cm³/mol. The molecule has 0 unspecified atom stereocenters. The van der Waals surface area contributed by atoms with Crippen LogP contribution in [0.2, 0.25) is 5.02 Å². The number of aromatic nitrogens is 1. The number of hydrogen-bond acceptors (Lipinski definition) is 6. The van der Waals surface area contributed by atoms with Crippen molar-refractivity contribution in [3.8, 4) is 0 Å². The minimum atomic E-state index is -1.06. The van der Waals surface area contributed by atoms with Crippen molar-refractivity contribution >= 4 is 23.4 Å². The van der Waals surface area contributed by atoms with Gasteiger partial charge in [-0.25, -0.2) is 9.78 Å². The van der Waals surface area contributed by atoms with Crippen molar-refractivity contribution in [1.29, 1.82) is 0 Å². The maximum Gasteiger partial charge on any atom is 0.337 e. The number of pyridine rings is 1. The first kappa shape index (κ1) is 15.5. The molecule has 7 nitrogen and oxygen atoms in total. The van der Waals surface area contributed by atoms with Crippen LogP contribution in [0.15, 0.2) is 12.3 Å². The molecule has 2 N–H and O–H groups in total. The van der Waals surface area contributed by atoms with Crippen molar-refractivity contribution < 1.29 is 19.7 Å². The Bertz CT molecular complexity index is 565. The van der Waals surface area contributed by atoms with E-state index in [9.17, 15) is 9.90 Å². The summed E-state index contributed by atoms with van der Waals surface area (Å²) in [5.41, 5.74) is 0.0539. The number of carbonyl (C=O) groups is 1. The molecule has 22 heavy (non-hydrogen) atoms. The average Bonchev–Trinajstić information content (AvgIpc) is 2.89. The normalized spacial score (nSPS) is 26.4. The van der Waals surface area contributed by atoms with Gasteiger partial charge >= 0.3 is 5.97 Å². The Morgan fingerprint density at radius 3 is 2.73 bits per heavy atom. The van der Waals surface area contributed by atoms with E-state index in [4.69, 9.17) is 21.4 Å². The van der Waals surface area contributed by atoms with E-state index in [1.165, 1.54) is 12.3 Å². The largest absolute Gasteiger partial charge is 0.478 e. The number of β-amino-alcohol motifs (C(OH)–C–C–N with tert-alkyl or cyclic N) is 1. The highest BCUT2D eigenvalue weighted by molar-refractivity contribution is 6.33. The van der Waals surface area contributed by atoms with Gasteiger partial charge in [0.05, 0.1) is 35.9 Å². The van der Waals surface area contributed by atoms with Crippen molar-refractivity contribution in [2.45, 2.75) is 12.1 Å². The Kier molecular flexibility index (Phi) is 4.49. The average molecular weight is 328 g/mol. The Labute approximate surface area is 133 Å². The molecular weight excluding hydrogens is 310 g/mol. The number of nitrogens with zero attached hydrogens (tertiary/aromatic N) is 3. The van der Waals surface area contributed by atoms with E-state index in [0.29, 0.717) is 32.1 Å². The van der Waals surface area contributed by atoms with Gasteiger partial charge in [0, 0.05) is 32.4 Å². The zero-order valence-electron chi connectivity index (χ0n) is 12.0. The van der Waals surface area contributed by atoms with Gasteiger partial charge in [-0.1, -0.05) is 11.6 Å². The molecule has 2 saturated heterocycles. The van der Waals surface area contributed by atoms with Gasteiger partial charge in [-0.15, -0.1) is 0 Å². The summed E-state index contributed by atoms with van der Waals surface area (Å²) in [6.07, 6.45) is 0.799. The fourth-order valence-corrected chi connectivity index (χ4v) is 3.28. The van der Waals surface area contributed by atoms with Crippen molar-refractivity contribution in [1.82, 2.24) is 9.88 Å². The van der Waals surface area contributed by atoms with Crippen LogP contribution in [0.5, 0.6) is 0 Å². The molecule has 1 aromatic rings. The predicted octanol–water partition coefficient (Wildman–Crippen LogP) is 0.315. The molecule has 2 fully saturated rings. The van der Waals surface area contributed by atoms with Gasteiger partial charge in [0.1, 0.15) is 5.82 Å².